The molecule has 206 valence electrons. The third kappa shape index (κ3) is 7.89. The number of pyridine rings is 2. The Morgan fingerprint density at radius 3 is 2.87 bits per heavy atom. The lowest BCUT2D eigenvalue weighted by molar-refractivity contribution is -0.127. The van der Waals surface area contributed by atoms with Gasteiger partial charge < -0.3 is 25.2 Å². The number of halogens is 2. The zero-order chi connectivity index (χ0) is 27.6. The number of ether oxygens (including phenoxy) is 2. The molecule has 0 radical (unpaired) electrons. The van der Waals surface area contributed by atoms with Crippen LogP contribution in [0.3, 0.4) is 0 Å². The Labute approximate surface area is 225 Å². The number of amides is 1. The first-order valence-electron chi connectivity index (χ1n) is 12.8. The van der Waals surface area contributed by atoms with E-state index in [2.05, 4.69) is 20.6 Å². The van der Waals surface area contributed by atoms with Crippen LogP contribution in [0.15, 0.2) is 54.7 Å². The number of aliphatic hydroxyl groups is 1. The Morgan fingerprint density at radius 1 is 1.18 bits per heavy atom. The monoisotopic (exact) mass is 538 g/mol. The summed E-state index contributed by atoms with van der Waals surface area (Å²) in [4.78, 5) is 21.3. The van der Waals surface area contributed by atoms with Gasteiger partial charge in [-0.15, -0.1) is 0 Å². The molecule has 0 unspecified atom stereocenters. The normalized spacial score (nSPS) is 19.6. The molecule has 1 amide bonds. The second-order valence-corrected chi connectivity index (χ2v) is 9.13. The summed E-state index contributed by atoms with van der Waals surface area (Å²) in [5, 5.41) is 15.1. The smallest absolute Gasteiger partial charge is 0.222 e. The van der Waals surface area contributed by atoms with Gasteiger partial charge in [-0.25, -0.2) is 13.8 Å². The van der Waals surface area contributed by atoms with Gasteiger partial charge in [0.2, 0.25) is 11.8 Å². The van der Waals surface area contributed by atoms with Gasteiger partial charge in [0, 0.05) is 42.5 Å². The van der Waals surface area contributed by atoms with Crippen LogP contribution >= 0.6 is 0 Å². The van der Waals surface area contributed by atoms with Crippen LogP contribution in [0, 0.1) is 11.6 Å². The average molecular weight is 539 g/mol. The Hall–Kier alpha value is -3.73. The zero-order valence-corrected chi connectivity index (χ0v) is 21.6. The summed E-state index contributed by atoms with van der Waals surface area (Å²) in [6.07, 6.45) is 9.74. The molecule has 4 rings (SSSR count). The van der Waals surface area contributed by atoms with Crippen LogP contribution in [0.4, 0.5) is 8.78 Å². The van der Waals surface area contributed by atoms with Crippen molar-refractivity contribution in [2.24, 2.45) is 0 Å². The first kappa shape index (κ1) is 28.3. The standard InChI is InChI=1S/C29H32F2N4O4/c1-38-28-11-10-25-29(35-28)19(12-14-33-25)4-6-22-7-9-24(26(39-22)18-27(37)34-15-16-36)32-13-2-3-20-17-21(30)5-8-23(20)31/h2-6,8,10-12,14,17,22,24,26,32,36H,7,9,13,15-16,18H2,1H3,(H,34,37)/b3-2+,6-4?/t22-,24-,26-/m1/s1. The van der Waals surface area contributed by atoms with Gasteiger partial charge in [0.05, 0.1) is 43.4 Å². The molecule has 3 N–H and O–H groups in total. The van der Waals surface area contributed by atoms with Gasteiger partial charge in [-0.3, -0.25) is 9.78 Å². The molecule has 1 aliphatic heterocycles. The van der Waals surface area contributed by atoms with E-state index in [1.807, 2.05) is 24.3 Å². The van der Waals surface area contributed by atoms with Crippen molar-refractivity contribution in [1.29, 1.82) is 0 Å². The third-order valence-corrected chi connectivity index (χ3v) is 6.42. The number of hydrogen-bond donors (Lipinski definition) is 3. The van der Waals surface area contributed by atoms with E-state index in [1.54, 1.807) is 25.4 Å². The minimum absolute atomic E-state index is 0.112. The van der Waals surface area contributed by atoms with E-state index in [9.17, 15) is 13.6 Å². The van der Waals surface area contributed by atoms with Gasteiger partial charge in [0.1, 0.15) is 11.6 Å². The highest BCUT2D eigenvalue weighted by atomic mass is 19.1. The number of nitrogens with one attached hydrogen (secondary N) is 2. The van der Waals surface area contributed by atoms with E-state index in [0.29, 0.717) is 24.4 Å². The molecule has 8 nitrogen and oxygen atoms in total. The van der Waals surface area contributed by atoms with Gasteiger partial charge in [-0.05, 0) is 43.2 Å². The number of aromatic nitrogens is 2. The molecular weight excluding hydrogens is 506 g/mol. The molecule has 1 saturated heterocycles. The SMILES string of the molecule is COc1ccc2nccc(C=C[C@@H]3CC[C@@H](NC/C=C/c4cc(F)ccc4F)[C@@H](CC(=O)NCCO)O3)c2n1. The van der Waals surface area contributed by atoms with Crippen LogP contribution in [0.5, 0.6) is 5.88 Å². The maximum atomic E-state index is 13.9. The summed E-state index contributed by atoms with van der Waals surface area (Å²) in [5.74, 6) is -0.736. The summed E-state index contributed by atoms with van der Waals surface area (Å²) in [7, 11) is 1.56. The van der Waals surface area contributed by atoms with Gasteiger partial charge in [0.25, 0.3) is 0 Å². The van der Waals surface area contributed by atoms with Gasteiger partial charge in [-0.2, -0.15) is 0 Å². The summed E-state index contributed by atoms with van der Waals surface area (Å²) in [5.41, 5.74) is 2.49. The van der Waals surface area contributed by atoms with Crippen molar-refractivity contribution < 1.29 is 28.2 Å². The molecule has 1 aliphatic rings. The highest BCUT2D eigenvalue weighted by Gasteiger charge is 2.31. The van der Waals surface area contributed by atoms with Crippen molar-refractivity contribution in [1.82, 2.24) is 20.6 Å². The van der Waals surface area contributed by atoms with Crippen molar-refractivity contribution in [3.05, 3.63) is 77.5 Å². The van der Waals surface area contributed by atoms with Crippen molar-refractivity contribution >= 4 is 29.1 Å². The number of hydrogen-bond acceptors (Lipinski definition) is 7. The molecule has 0 bridgehead atoms. The van der Waals surface area contributed by atoms with Gasteiger partial charge in [0.15, 0.2) is 0 Å². The molecule has 0 aliphatic carbocycles. The number of nitrogens with zero attached hydrogens (tertiary/aromatic N) is 2. The number of benzene rings is 1. The topological polar surface area (TPSA) is 106 Å². The fourth-order valence-corrected chi connectivity index (χ4v) is 4.47. The number of rotatable bonds is 11. The maximum Gasteiger partial charge on any atom is 0.222 e. The van der Waals surface area contributed by atoms with Crippen LogP contribution in [0.25, 0.3) is 23.2 Å². The summed E-state index contributed by atoms with van der Waals surface area (Å²) < 4.78 is 38.9. The Bertz CT molecular complexity index is 1330. The molecule has 0 saturated carbocycles. The van der Waals surface area contributed by atoms with Crippen LogP contribution < -0.4 is 15.4 Å². The Balaban J connectivity index is 1.43. The molecule has 3 atom stereocenters. The van der Waals surface area contributed by atoms with Crippen molar-refractivity contribution in [2.75, 3.05) is 26.8 Å². The van der Waals surface area contributed by atoms with E-state index in [4.69, 9.17) is 14.6 Å². The molecular formula is C29H32F2N4O4. The number of carbonyl (C=O) groups is 1. The fraction of sp³-hybridized carbons (Fsp3) is 0.345. The Kier molecular flexibility index (Phi) is 10.1. The van der Waals surface area contributed by atoms with E-state index in [-0.39, 0.29) is 43.2 Å². The third-order valence-electron chi connectivity index (χ3n) is 6.42. The maximum absolute atomic E-state index is 13.9. The molecule has 1 aromatic carbocycles. The number of methoxy groups -OCH3 is 1. The molecule has 2 aromatic heterocycles. The first-order chi connectivity index (χ1) is 19.0. The lowest BCUT2D eigenvalue weighted by atomic mass is 9.95. The van der Waals surface area contributed by atoms with Crippen molar-refractivity contribution in [3.8, 4) is 5.88 Å². The van der Waals surface area contributed by atoms with Crippen molar-refractivity contribution in [2.45, 2.75) is 37.5 Å². The first-order valence-corrected chi connectivity index (χ1v) is 12.8. The zero-order valence-electron chi connectivity index (χ0n) is 21.6. The van der Waals surface area contributed by atoms with Crippen LogP contribution in [0.2, 0.25) is 0 Å². The molecule has 3 heterocycles. The lowest BCUT2D eigenvalue weighted by Crippen LogP contribution is -2.49. The minimum Gasteiger partial charge on any atom is -0.481 e. The molecule has 1 fully saturated rings. The molecule has 10 heteroatoms. The molecule has 0 spiro atoms. The van der Waals surface area contributed by atoms with Gasteiger partial charge in [-0.1, -0.05) is 24.3 Å². The van der Waals surface area contributed by atoms with Crippen molar-refractivity contribution in [3.63, 3.8) is 0 Å². The predicted molar refractivity (Wildman–Crippen MR) is 145 cm³/mol. The minimum atomic E-state index is -0.507. The lowest BCUT2D eigenvalue weighted by Gasteiger charge is -2.36. The summed E-state index contributed by atoms with van der Waals surface area (Å²) >= 11 is 0. The molecule has 3 aromatic rings. The summed E-state index contributed by atoms with van der Waals surface area (Å²) in [6, 6.07) is 8.65. The highest BCUT2D eigenvalue weighted by molar-refractivity contribution is 5.84. The van der Waals surface area contributed by atoms with E-state index in [0.717, 1.165) is 35.7 Å². The fourth-order valence-electron chi connectivity index (χ4n) is 4.47. The van der Waals surface area contributed by atoms with Crippen LogP contribution in [-0.4, -0.2) is 66.0 Å². The van der Waals surface area contributed by atoms with Gasteiger partial charge >= 0.3 is 0 Å². The van der Waals surface area contributed by atoms with E-state index >= 15 is 0 Å². The molecule has 39 heavy (non-hydrogen) atoms. The van der Waals surface area contributed by atoms with E-state index in [1.165, 1.54) is 6.08 Å². The Morgan fingerprint density at radius 2 is 2.05 bits per heavy atom. The average Bonchev–Trinajstić information content (AvgIpc) is 2.95. The summed E-state index contributed by atoms with van der Waals surface area (Å²) in [6.45, 7) is 0.403. The quantitative estimate of drug-likeness (QED) is 0.342. The second kappa shape index (κ2) is 13.9. The van der Waals surface area contributed by atoms with Crippen LogP contribution in [0.1, 0.15) is 30.4 Å². The highest BCUT2D eigenvalue weighted by Crippen LogP contribution is 2.25. The number of fused-ring (bicyclic) bond motifs is 1. The largest absolute Gasteiger partial charge is 0.481 e. The van der Waals surface area contributed by atoms with Crippen LogP contribution in [-0.2, 0) is 9.53 Å². The van der Waals surface area contributed by atoms with E-state index < -0.39 is 17.7 Å². The number of carbonyl (C=O) groups excluding carboxylic acids is 1. The second-order valence-electron chi connectivity index (χ2n) is 9.13. The number of aliphatic hydroxyl groups excluding tert-OH is 1. The predicted octanol–water partition coefficient (Wildman–Crippen LogP) is 3.65.